The quantitative estimate of drug-likeness (QED) is 0.554. The lowest BCUT2D eigenvalue weighted by Crippen LogP contribution is -2.12. The maximum absolute atomic E-state index is 13.4. The van der Waals surface area contributed by atoms with Gasteiger partial charge >= 0.3 is 6.18 Å². The van der Waals surface area contributed by atoms with Gasteiger partial charge in [-0.05, 0) is 47.9 Å². The average Bonchev–Trinajstić information content (AvgIpc) is 2.68. The van der Waals surface area contributed by atoms with Crippen LogP contribution >= 0.6 is 0 Å². The van der Waals surface area contributed by atoms with E-state index in [1.165, 1.54) is 0 Å². The molecule has 0 radical (unpaired) electrons. The minimum absolute atomic E-state index is 0.00371. The molecule has 0 saturated carbocycles. The largest absolute Gasteiger partial charge is 0.421 e. The van der Waals surface area contributed by atoms with Gasteiger partial charge in [0.05, 0.1) is 11.6 Å². The normalized spacial score (nSPS) is 11.2. The third-order valence-corrected chi connectivity index (χ3v) is 4.20. The monoisotopic (exact) mass is 397 g/mol. The smallest absolute Gasteiger partial charge is 0.340 e. The van der Waals surface area contributed by atoms with Gasteiger partial charge in [-0.3, -0.25) is 0 Å². The van der Waals surface area contributed by atoms with Gasteiger partial charge in [0.2, 0.25) is 5.95 Å². The van der Waals surface area contributed by atoms with Gasteiger partial charge in [0.15, 0.2) is 0 Å². The number of nitrogens with one attached hydrogen (secondary N) is 2. The predicted octanol–water partition coefficient (Wildman–Crippen LogP) is 5.98. The van der Waals surface area contributed by atoms with Crippen LogP contribution < -0.4 is 10.6 Å². The maximum Gasteiger partial charge on any atom is 0.421 e. The van der Waals surface area contributed by atoms with Gasteiger partial charge in [0.1, 0.15) is 11.4 Å². The molecule has 0 saturated heterocycles. The first kappa shape index (κ1) is 20.1. The Hall–Kier alpha value is -3.60. The van der Waals surface area contributed by atoms with Crippen LogP contribution in [0.4, 0.5) is 36.3 Å². The average molecular weight is 397 g/mol. The van der Waals surface area contributed by atoms with Gasteiger partial charge < -0.3 is 10.6 Å². The van der Waals surface area contributed by atoms with Crippen molar-refractivity contribution in [2.24, 2.45) is 0 Å². The van der Waals surface area contributed by atoms with Gasteiger partial charge in [-0.25, -0.2) is 4.98 Å². The fraction of sp³-hybridized carbons (Fsp3) is 0.190. The van der Waals surface area contributed by atoms with Crippen LogP contribution in [-0.4, -0.2) is 9.97 Å². The first-order valence-electron chi connectivity index (χ1n) is 8.84. The molecule has 148 valence electrons. The first-order valence-corrected chi connectivity index (χ1v) is 8.84. The summed E-state index contributed by atoms with van der Waals surface area (Å²) < 4.78 is 40.2. The minimum Gasteiger partial charge on any atom is -0.340 e. The molecular formula is C21H18F3N5. The molecule has 0 unspecified atom stereocenters. The van der Waals surface area contributed by atoms with Crippen molar-refractivity contribution in [3.05, 3.63) is 71.4 Å². The number of hydrogen-bond donors (Lipinski definition) is 2. The Morgan fingerprint density at radius 3 is 2.07 bits per heavy atom. The van der Waals surface area contributed by atoms with Crippen LogP contribution in [0.5, 0.6) is 0 Å². The number of aromatic nitrogens is 2. The van der Waals surface area contributed by atoms with Crippen molar-refractivity contribution < 1.29 is 13.2 Å². The molecule has 0 fully saturated rings. The van der Waals surface area contributed by atoms with Crippen molar-refractivity contribution in [3.8, 4) is 6.07 Å². The second kappa shape index (κ2) is 8.19. The lowest BCUT2D eigenvalue weighted by Gasteiger charge is -2.15. The number of nitrogens with zero attached hydrogens (tertiary/aromatic N) is 3. The summed E-state index contributed by atoms with van der Waals surface area (Å²) in [4.78, 5) is 7.79. The molecule has 0 spiro atoms. The molecule has 8 heteroatoms. The predicted molar refractivity (Wildman–Crippen MR) is 105 cm³/mol. The Morgan fingerprint density at radius 2 is 1.52 bits per heavy atom. The molecule has 1 heterocycles. The number of rotatable bonds is 5. The number of benzene rings is 2. The lowest BCUT2D eigenvalue weighted by molar-refractivity contribution is -0.137. The molecule has 0 aliphatic heterocycles. The molecule has 2 aromatic carbocycles. The fourth-order valence-corrected chi connectivity index (χ4v) is 2.59. The van der Waals surface area contributed by atoms with Crippen LogP contribution in [0.15, 0.2) is 54.7 Å². The second-order valence-corrected chi connectivity index (χ2v) is 6.67. The number of nitriles is 1. The maximum atomic E-state index is 13.4. The van der Waals surface area contributed by atoms with Gasteiger partial charge in [-0.15, -0.1) is 0 Å². The zero-order valence-corrected chi connectivity index (χ0v) is 15.7. The summed E-state index contributed by atoms with van der Waals surface area (Å²) in [5, 5.41) is 14.4. The van der Waals surface area contributed by atoms with E-state index in [4.69, 9.17) is 5.26 Å². The van der Waals surface area contributed by atoms with E-state index < -0.39 is 11.7 Å². The number of hydrogen-bond acceptors (Lipinski definition) is 5. The van der Waals surface area contributed by atoms with E-state index in [0.29, 0.717) is 22.9 Å². The van der Waals surface area contributed by atoms with Crippen LogP contribution in [0.1, 0.15) is 36.5 Å². The van der Waals surface area contributed by atoms with Crippen molar-refractivity contribution in [3.63, 3.8) is 0 Å². The van der Waals surface area contributed by atoms with E-state index in [2.05, 4.69) is 20.6 Å². The summed E-state index contributed by atoms with van der Waals surface area (Å²) in [5.41, 5.74) is 1.63. The molecule has 29 heavy (non-hydrogen) atoms. The van der Waals surface area contributed by atoms with E-state index in [1.54, 1.807) is 36.4 Å². The standard InChI is InChI=1S/C21H18F3N5/c1-13(2)15-5-9-16(10-6-15)27-19-18(21(22,23)24)12-26-20(29-19)28-17-7-3-14(11-25)4-8-17/h3-10,12-13H,1-2H3,(H2,26,27,28,29). The van der Waals surface area contributed by atoms with Gasteiger partial charge in [0.25, 0.3) is 0 Å². The van der Waals surface area contributed by atoms with E-state index in [-0.39, 0.29) is 11.8 Å². The van der Waals surface area contributed by atoms with Crippen LogP contribution in [-0.2, 0) is 6.18 Å². The minimum atomic E-state index is -4.60. The van der Waals surface area contributed by atoms with Crippen molar-refractivity contribution in [1.29, 1.82) is 5.26 Å². The number of anilines is 4. The van der Waals surface area contributed by atoms with Crippen LogP contribution in [0.3, 0.4) is 0 Å². The zero-order chi connectivity index (χ0) is 21.0. The molecule has 0 atom stereocenters. The van der Waals surface area contributed by atoms with Crippen LogP contribution in [0.25, 0.3) is 0 Å². The van der Waals surface area contributed by atoms with Crippen molar-refractivity contribution in [2.45, 2.75) is 25.9 Å². The summed E-state index contributed by atoms with van der Waals surface area (Å²) in [6, 6.07) is 15.6. The Morgan fingerprint density at radius 1 is 0.931 bits per heavy atom. The highest BCUT2D eigenvalue weighted by Crippen LogP contribution is 2.35. The molecule has 2 N–H and O–H groups in total. The summed E-state index contributed by atoms with van der Waals surface area (Å²) in [6.45, 7) is 4.07. The highest BCUT2D eigenvalue weighted by Gasteiger charge is 2.35. The van der Waals surface area contributed by atoms with Crippen LogP contribution in [0.2, 0.25) is 0 Å². The van der Waals surface area contributed by atoms with Crippen LogP contribution in [0, 0.1) is 11.3 Å². The van der Waals surface area contributed by atoms with Gasteiger partial charge in [-0.1, -0.05) is 26.0 Å². The molecule has 0 bridgehead atoms. The van der Waals surface area contributed by atoms with Gasteiger partial charge in [-0.2, -0.15) is 23.4 Å². The van der Waals surface area contributed by atoms with Gasteiger partial charge in [0, 0.05) is 17.6 Å². The van der Waals surface area contributed by atoms with E-state index in [0.717, 1.165) is 11.8 Å². The van der Waals surface area contributed by atoms with E-state index in [9.17, 15) is 13.2 Å². The summed E-state index contributed by atoms with van der Waals surface area (Å²) in [7, 11) is 0. The first-order chi connectivity index (χ1) is 13.8. The SMILES string of the molecule is CC(C)c1ccc(Nc2nc(Nc3ccc(C#N)cc3)ncc2C(F)(F)F)cc1. The molecule has 5 nitrogen and oxygen atoms in total. The molecule has 1 aromatic heterocycles. The topological polar surface area (TPSA) is 73.6 Å². The lowest BCUT2D eigenvalue weighted by atomic mass is 10.0. The van der Waals surface area contributed by atoms with E-state index in [1.807, 2.05) is 32.0 Å². The summed E-state index contributed by atoms with van der Waals surface area (Å²) in [5.74, 6) is -0.0259. The van der Waals surface area contributed by atoms with Crippen molar-refractivity contribution >= 4 is 23.1 Å². The molecule has 0 amide bonds. The summed E-state index contributed by atoms with van der Waals surface area (Å²) >= 11 is 0. The Bertz CT molecular complexity index is 1020. The number of alkyl halides is 3. The molecule has 3 aromatic rings. The Kier molecular flexibility index (Phi) is 5.69. The zero-order valence-electron chi connectivity index (χ0n) is 15.7. The third-order valence-electron chi connectivity index (χ3n) is 4.20. The highest BCUT2D eigenvalue weighted by molar-refractivity contribution is 5.63. The van der Waals surface area contributed by atoms with Crippen molar-refractivity contribution in [1.82, 2.24) is 9.97 Å². The highest BCUT2D eigenvalue weighted by atomic mass is 19.4. The van der Waals surface area contributed by atoms with E-state index >= 15 is 0 Å². The Balaban J connectivity index is 1.90. The fourth-order valence-electron chi connectivity index (χ4n) is 2.59. The molecular weight excluding hydrogens is 379 g/mol. The third kappa shape index (κ3) is 5.02. The Labute approximate surface area is 166 Å². The van der Waals surface area contributed by atoms with Crippen molar-refractivity contribution in [2.75, 3.05) is 10.6 Å². The second-order valence-electron chi connectivity index (χ2n) is 6.67. The molecule has 3 rings (SSSR count). The molecule has 0 aliphatic carbocycles. The summed E-state index contributed by atoms with van der Waals surface area (Å²) in [6.07, 6.45) is -3.86. The number of halogens is 3. The molecule has 0 aliphatic rings.